The van der Waals surface area contributed by atoms with Crippen molar-refractivity contribution in [2.45, 2.75) is 44.4 Å². The molecule has 222 valence electrons. The number of pyridine rings is 1. The van der Waals surface area contributed by atoms with Gasteiger partial charge in [-0.15, -0.1) is 0 Å². The number of likely N-dealkylation sites (tertiary alicyclic amines) is 1. The van der Waals surface area contributed by atoms with Gasteiger partial charge >= 0.3 is 0 Å². The number of aliphatic hydroxyl groups is 1. The van der Waals surface area contributed by atoms with Gasteiger partial charge in [-0.3, -0.25) is 14.5 Å². The van der Waals surface area contributed by atoms with Gasteiger partial charge < -0.3 is 20.3 Å². The van der Waals surface area contributed by atoms with Gasteiger partial charge in [-0.2, -0.15) is 0 Å². The molecule has 0 radical (unpaired) electrons. The van der Waals surface area contributed by atoms with Gasteiger partial charge in [-0.25, -0.2) is 0 Å². The van der Waals surface area contributed by atoms with Crippen LogP contribution < -0.4 is 15.8 Å². The Labute approximate surface area is 253 Å². The summed E-state index contributed by atoms with van der Waals surface area (Å²) in [4.78, 5) is 33.2. The Morgan fingerprint density at radius 2 is 1.60 bits per heavy atom. The lowest BCUT2D eigenvalue weighted by Gasteiger charge is -2.42. The Bertz CT molecular complexity index is 1570. The Morgan fingerprint density at radius 1 is 0.930 bits per heavy atom. The van der Waals surface area contributed by atoms with Crippen LogP contribution in [0.25, 0.3) is 0 Å². The molecule has 0 bridgehead atoms. The number of amides is 1. The van der Waals surface area contributed by atoms with E-state index in [0.717, 1.165) is 67.7 Å². The molecule has 0 unspecified atom stereocenters. The van der Waals surface area contributed by atoms with Crippen LogP contribution in [0.15, 0.2) is 95.8 Å². The van der Waals surface area contributed by atoms with Crippen LogP contribution in [0.5, 0.6) is 0 Å². The van der Waals surface area contributed by atoms with Crippen LogP contribution in [-0.2, 0) is 25.1 Å². The van der Waals surface area contributed by atoms with Crippen LogP contribution in [-0.4, -0.2) is 47.6 Å². The fourth-order valence-corrected chi connectivity index (χ4v) is 6.78. The molecule has 43 heavy (non-hydrogen) atoms. The van der Waals surface area contributed by atoms with Crippen LogP contribution in [0.1, 0.15) is 57.6 Å². The van der Waals surface area contributed by atoms with E-state index in [9.17, 15) is 14.7 Å². The van der Waals surface area contributed by atoms with Crippen molar-refractivity contribution in [2.24, 2.45) is 5.92 Å². The van der Waals surface area contributed by atoms with Crippen molar-refractivity contribution >= 4 is 11.6 Å². The number of carbonyl (C=O) groups is 1. The number of hydrogen-bond acceptors (Lipinski definition) is 5. The molecule has 0 saturated carbocycles. The molecule has 4 aromatic rings. The zero-order chi connectivity index (χ0) is 29.8. The summed E-state index contributed by atoms with van der Waals surface area (Å²) < 4.78 is 0. The van der Waals surface area contributed by atoms with Gasteiger partial charge in [0.05, 0.1) is 0 Å². The second-order valence-corrected chi connectivity index (χ2v) is 11.9. The Kier molecular flexibility index (Phi) is 8.45. The van der Waals surface area contributed by atoms with Crippen molar-refractivity contribution in [2.75, 3.05) is 31.6 Å². The minimum Gasteiger partial charge on any atom is -0.380 e. The van der Waals surface area contributed by atoms with E-state index < -0.39 is 5.60 Å². The lowest BCUT2D eigenvalue weighted by atomic mass is 9.72. The van der Waals surface area contributed by atoms with Gasteiger partial charge in [0.2, 0.25) is 0 Å². The predicted octanol–water partition coefficient (Wildman–Crippen LogP) is 4.84. The quantitative estimate of drug-likeness (QED) is 0.280. The summed E-state index contributed by atoms with van der Waals surface area (Å²) in [6.07, 6.45) is 3.82. The van der Waals surface area contributed by atoms with Crippen LogP contribution in [0.4, 0.5) is 5.69 Å². The number of nitrogens with zero attached hydrogens (tertiary/aromatic N) is 2. The average molecular weight is 577 g/mol. The lowest BCUT2D eigenvalue weighted by molar-refractivity contribution is -0.0154. The Hall–Kier alpha value is -4.20. The van der Waals surface area contributed by atoms with Gasteiger partial charge in [-0.1, -0.05) is 72.8 Å². The number of nitrogens with one attached hydrogen (secondary N) is 2. The third-order valence-corrected chi connectivity index (χ3v) is 9.16. The lowest BCUT2D eigenvalue weighted by Crippen LogP contribution is -2.44. The highest BCUT2D eigenvalue weighted by molar-refractivity contribution is 5.93. The molecule has 3 N–H and O–H groups in total. The molecule has 1 aromatic heterocycles. The van der Waals surface area contributed by atoms with Gasteiger partial charge in [0.1, 0.15) is 11.2 Å². The number of aryl methyl sites for hydroxylation is 1. The van der Waals surface area contributed by atoms with E-state index in [1.807, 2.05) is 72.8 Å². The molecular formula is C36H40N4O3. The zero-order valence-electron chi connectivity index (χ0n) is 24.8. The second-order valence-electron chi connectivity index (χ2n) is 11.9. The molecule has 7 heteroatoms. The number of aromatic nitrogens is 1. The highest BCUT2D eigenvalue weighted by Gasteiger charge is 2.41. The summed E-state index contributed by atoms with van der Waals surface area (Å²) in [5, 5.41) is 15.1. The van der Waals surface area contributed by atoms with E-state index in [4.69, 9.17) is 0 Å². The molecule has 1 amide bonds. The summed E-state index contributed by atoms with van der Waals surface area (Å²) in [5.41, 5.74) is 4.88. The van der Waals surface area contributed by atoms with Crippen molar-refractivity contribution in [1.82, 2.24) is 15.2 Å². The number of carbonyl (C=O) groups excluding carboxylic acids is 1. The number of fused-ring (bicyclic) bond motifs is 1. The largest absolute Gasteiger partial charge is 0.380 e. The first-order valence-corrected chi connectivity index (χ1v) is 15.3. The van der Waals surface area contributed by atoms with Gasteiger partial charge in [0.25, 0.3) is 11.5 Å². The first-order valence-electron chi connectivity index (χ1n) is 15.3. The maximum Gasteiger partial charge on any atom is 0.261 e. The molecule has 0 spiro atoms. The monoisotopic (exact) mass is 576 g/mol. The minimum absolute atomic E-state index is 0.0645. The second kappa shape index (κ2) is 12.6. The van der Waals surface area contributed by atoms with Gasteiger partial charge in [-0.05, 0) is 85.1 Å². The number of aromatic amines is 1. The summed E-state index contributed by atoms with van der Waals surface area (Å²) in [7, 11) is 2.11. The number of H-pyrrole nitrogens is 1. The highest BCUT2D eigenvalue weighted by atomic mass is 16.3. The van der Waals surface area contributed by atoms with E-state index in [1.165, 1.54) is 11.3 Å². The van der Waals surface area contributed by atoms with Crippen molar-refractivity contribution < 1.29 is 9.90 Å². The van der Waals surface area contributed by atoms with E-state index in [1.54, 1.807) is 6.07 Å². The first-order chi connectivity index (χ1) is 20.9. The third kappa shape index (κ3) is 6.14. The van der Waals surface area contributed by atoms with Crippen molar-refractivity contribution in [3.8, 4) is 0 Å². The molecule has 1 saturated heterocycles. The van der Waals surface area contributed by atoms with Crippen LogP contribution in [0.3, 0.4) is 0 Å². The Balaban J connectivity index is 1.07. The highest BCUT2D eigenvalue weighted by Crippen LogP contribution is 2.42. The molecule has 3 aromatic carbocycles. The fourth-order valence-electron chi connectivity index (χ4n) is 6.78. The summed E-state index contributed by atoms with van der Waals surface area (Å²) >= 11 is 0. The molecule has 6 rings (SSSR count). The predicted molar refractivity (Wildman–Crippen MR) is 170 cm³/mol. The molecule has 2 aliphatic heterocycles. The van der Waals surface area contributed by atoms with Crippen molar-refractivity contribution in [1.29, 1.82) is 0 Å². The molecule has 1 fully saturated rings. The number of rotatable bonds is 8. The van der Waals surface area contributed by atoms with E-state index in [-0.39, 0.29) is 22.9 Å². The molecular weight excluding hydrogens is 536 g/mol. The van der Waals surface area contributed by atoms with Crippen molar-refractivity contribution in [3.05, 3.63) is 135 Å². The number of benzene rings is 3. The standard InChI is InChI=1S/C36H40N4O3/c1-39-20-8-9-27-23-26(14-17-33(27)39)24-37-34(41)32-16-15-31(38-35(32)42)25-40-21-18-30(19-22-40)36(43,28-10-4-2-5-11-28)29-12-6-3-7-13-29/h2-7,10-17,23,30,43H,8-9,18-22,24-25H2,1H3,(H,37,41)(H,38,42). The molecule has 3 heterocycles. The van der Waals surface area contributed by atoms with Crippen LogP contribution >= 0.6 is 0 Å². The maximum absolute atomic E-state index is 12.9. The Morgan fingerprint density at radius 3 is 2.26 bits per heavy atom. The topological polar surface area (TPSA) is 88.7 Å². The summed E-state index contributed by atoms with van der Waals surface area (Å²) in [6, 6.07) is 29.7. The first kappa shape index (κ1) is 28.9. The minimum atomic E-state index is -1.06. The van der Waals surface area contributed by atoms with E-state index >= 15 is 0 Å². The number of hydrogen-bond donors (Lipinski definition) is 3. The third-order valence-electron chi connectivity index (χ3n) is 9.16. The normalized spacial score (nSPS) is 16.1. The van der Waals surface area contributed by atoms with Gasteiger partial charge in [0, 0.05) is 38.1 Å². The van der Waals surface area contributed by atoms with E-state index in [2.05, 4.69) is 39.3 Å². The summed E-state index contributed by atoms with van der Waals surface area (Å²) in [5.74, 6) is -0.306. The van der Waals surface area contributed by atoms with Gasteiger partial charge in [0.15, 0.2) is 0 Å². The van der Waals surface area contributed by atoms with E-state index in [0.29, 0.717) is 13.1 Å². The fraction of sp³-hybridized carbons (Fsp3) is 0.333. The average Bonchev–Trinajstić information content (AvgIpc) is 3.04. The van der Waals surface area contributed by atoms with Crippen molar-refractivity contribution in [3.63, 3.8) is 0 Å². The van der Waals surface area contributed by atoms with Crippen LogP contribution in [0, 0.1) is 5.92 Å². The SMILES string of the molecule is CN1CCCc2cc(CNC(=O)c3ccc(CN4CCC(C(O)(c5ccccc5)c5ccccc5)CC4)[nH]c3=O)ccc21. The smallest absolute Gasteiger partial charge is 0.261 e. The molecule has 2 aliphatic rings. The molecule has 7 nitrogen and oxygen atoms in total. The zero-order valence-corrected chi connectivity index (χ0v) is 24.8. The number of anilines is 1. The number of piperidine rings is 1. The summed E-state index contributed by atoms with van der Waals surface area (Å²) in [6.45, 7) is 3.62. The molecule has 0 atom stereocenters. The van der Waals surface area contributed by atoms with Crippen LogP contribution in [0.2, 0.25) is 0 Å². The maximum atomic E-state index is 12.9. The molecule has 0 aliphatic carbocycles.